The van der Waals surface area contributed by atoms with E-state index in [4.69, 9.17) is 4.74 Å². The zero-order valence-corrected chi connectivity index (χ0v) is 23.8. The molecule has 0 heterocycles. The van der Waals surface area contributed by atoms with Crippen LogP contribution in [0.25, 0.3) is 11.1 Å². The lowest BCUT2D eigenvalue weighted by molar-refractivity contribution is -0.139. The van der Waals surface area contributed by atoms with Gasteiger partial charge >= 0.3 is 5.97 Å². The Morgan fingerprint density at radius 1 is 0.902 bits per heavy atom. The fourth-order valence-electron chi connectivity index (χ4n) is 4.62. The fraction of sp³-hybridized carbons (Fsp3) is 0.182. The minimum absolute atomic E-state index is 0.0545. The molecule has 208 valence electrons. The molecule has 1 saturated carbocycles. The number of carbonyl (C=O) groups excluding carboxylic acids is 2. The summed E-state index contributed by atoms with van der Waals surface area (Å²) in [5, 5.41) is 15.4. The minimum atomic E-state index is -1.17. The van der Waals surface area contributed by atoms with Crippen LogP contribution in [0.15, 0.2) is 102 Å². The van der Waals surface area contributed by atoms with Gasteiger partial charge in [0, 0.05) is 22.4 Å². The van der Waals surface area contributed by atoms with Crippen LogP contribution < -0.4 is 15.4 Å². The van der Waals surface area contributed by atoms with Gasteiger partial charge in [-0.15, -0.1) is 0 Å². The third kappa shape index (κ3) is 7.02. The number of halogens is 1. The molecule has 5 rings (SSSR count). The lowest BCUT2D eigenvalue weighted by atomic mass is 9.85. The van der Waals surface area contributed by atoms with Crippen LogP contribution in [-0.2, 0) is 16.0 Å². The van der Waals surface area contributed by atoms with Crippen molar-refractivity contribution in [3.05, 3.63) is 113 Å². The van der Waals surface area contributed by atoms with Gasteiger partial charge in [-0.2, -0.15) is 0 Å². The van der Waals surface area contributed by atoms with E-state index in [1.165, 1.54) is 0 Å². The van der Waals surface area contributed by atoms with Crippen LogP contribution in [0.3, 0.4) is 0 Å². The van der Waals surface area contributed by atoms with Gasteiger partial charge in [0.2, 0.25) is 5.91 Å². The van der Waals surface area contributed by atoms with Gasteiger partial charge in [0.25, 0.3) is 5.91 Å². The molecule has 0 aromatic heterocycles. The number of para-hydroxylation sites is 2. The third-order valence-corrected chi connectivity index (χ3v) is 7.62. The molecule has 0 unspecified atom stereocenters. The Bertz CT molecular complexity index is 1550. The molecule has 1 atom stereocenters. The summed E-state index contributed by atoms with van der Waals surface area (Å²) in [4.78, 5) is 37.9. The molecule has 0 bridgehead atoms. The largest absolute Gasteiger partial charge is 0.480 e. The highest BCUT2D eigenvalue weighted by Crippen LogP contribution is 2.33. The molecular formula is C33H29BrN2O5. The van der Waals surface area contributed by atoms with Gasteiger partial charge in [0.05, 0.1) is 11.3 Å². The first-order valence-corrected chi connectivity index (χ1v) is 14.2. The van der Waals surface area contributed by atoms with Crippen LogP contribution in [-0.4, -0.2) is 28.9 Å². The normalized spacial score (nSPS) is 13.5. The Hall–Kier alpha value is -4.43. The van der Waals surface area contributed by atoms with Crippen molar-refractivity contribution in [1.29, 1.82) is 0 Å². The average molecular weight is 614 g/mol. The quantitative estimate of drug-likeness (QED) is 0.178. The number of ether oxygens (including phenoxy) is 1. The first-order valence-electron chi connectivity index (χ1n) is 13.4. The van der Waals surface area contributed by atoms with Crippen LogP contribution in [0.2, 0.25) is 0 Å². The summed E-state index contributed by atoms with van der Waals surface area (Å²) in [6.07, 6.45) is 2.76. The van der Waals surface area contributed by atoms with E-state index in [0.29, 0.717) is 15.9 Å². The number of carboxylic acids is 1. The van der Waals surface area contributed by atoms with E-state index in [2.05, 4.69) is 26.6 Å². The second kappa shape index (κ2) is 12.8. The molecule has 4 aromatic rings. The van der Waals surface area contributed by atoms with Crippen LogP contribution in [0.1, 0.15) is 35.2 Å². The lowest BCUT2D eigenvalue weighted by Gasteiger charge is -2.24. The number of benzene rings is 4. The molecule has 3 N–H and O–H groups in total. The molecule has 0 radical (unpaired) electrons. The molecule has 1 aliphatic rings. The number of carbonyl (C=O) groups is 3. The smallest absolute Gasteiger partial charge is 0.326 e. The van der Waals surface area contributed by atoms with Crippen LogP contribution >= 0.6 is 15.9 Å². The van der Waals surface area contributed by atoms with E-state index < -0.39 is 17.9 Å². The zero-order valence-electron chi connectivity index (χ0n) is 22.2. The molecule has 41 heavy (non-hydrogen) atoms. The number of anilines is 1. The van der Waals surface area contributed by atoms with Crippen molar-refractivity contribution in [2.75, 3.05) is 5.32 Å². The number of hydrogen-bond acceptors (Lipinski definition) is 4. The van der Waals surface area contributed by atoms with Gasteiger partial charge in [-0.3, -0.25) is 9.59 Å². The second-order valence-corrected chi connectivity index (χ2v) is 10.9. The van der Waals surface area contributed by atoms with Gasteiger partial charge < -0.3 is 20.5 Å². The van der Waals surface area contributed by atoms with E-state index in [0.717, 1.165) is 41.7 Å². The Kier molecular flexibility index (Phi) is 8.79. The number of hydrogen-bond donors (Lipinski definition) is 3. The Balaban J connectivity index is 1.29. The maximum absolute atomic E-state index is 13.2. The number of rotatable bonds is 10. The van der Waals surface area contributed by atoms with Crippen molar-refractivity contribution in [2.45, 2.75) is 31.7 Å². The monoisotopic (exact) mass is 612 g/mol. The fourth-order valence-corrected chi connectivity index (χ4v) is 4.98. The number of nitrogens with one attached hydrogen (secondary N) is 2. The summed E-state index contributed by atoms with van der Waals surface area (Å²) in [5.74, 6) is -0.478. The topological polar surface area (TPSA) is 105 Å². The molecule has 1 fully saturated rings. The summed E-state index contributed by atoms with van der Waals surface area (Å²) in [7, 11) is 0. The molecule has 0 spiro atoms. The highest BCUT2D eigenvalue weighted by molar-refractivity contribution is 9.10. The van der Waals surface area contributed by atoms with Crippen molar-refractivity contribution in [2.24, 2.45) is 5.92 Å². The maximum atomic E-state index is 13.2. The first-order chi connectivity index (χ1) is 19.9. The third-order valence-electron chi connectivity index (χ3n) is 7.13. The standard InChI is InChI=1S/C33H29BrN2O5/c34-24-17-18-28(35-31(37)23-7-6-8-23)27(20-24)32(38)36-29(33(39)40)19-21-13-15-22(16-14-21)26-11-4-5-12-30(26)41-25-9-2-1-3-10-25/h1-5,9-18,20,23,29H,6-8,19H2,(H,35,37)(H,36,38)(H,39,40)/t29-/m0/s1. The molecule has 1 aliphatic carbocycles. The van der Waals surface area contributed by atoms with E-state index in [9.17, 15) is 19.5 Å². The van der Waals surface area contributed by atoms with Gasteiger partial charge in [-0.05, 0) is 60.4 Å². The maximum Gasteiger partial charge on any atom is 0.326 e. The van der Waals surface area contributed by atoms with Gasteiger partial charge in [0.1, 0.15) is 17.5 Å². The van der Waals surface area contributed by atoms with Crippen LogP contribution in [0, 0.1) is 5.92 Å². The lowest BCUT2D eigenvalue weighted by Crippen LogP contribution is -2.42. The summed E-state index contributed by atoms with van der Waals surface area (Å²) in [5.41, 5.74) is 3.11. The zero-order chi connectivity index (χ0) is 28.8. The summed E-state index contributed by atoms with van der Waals surface area (Å²) >= 11 is 3.37. The summed E-state index contributed by atoms with van der Waals surface area (Å²) < 4.78 is 6.73. The van der Waals surface area contributed by atoms with Crippen molar-refractivity contribution >= 4 is 39.4 Å². The molecule has 7 nitrogen and oxygen atoms in total. The molecule has 0 saturated heterocycles. The van der Waals surface area contributed by atoms with Crippen LogP contribution in [0.5, 0.6) is 11.5 Å². The van der Waals surface area contributed by atoms with Crippen molar-refractivity contribution < 1.29 is 24.2 Å². The van der Waals surface area contributed by atoms with Gasteiger partial charge in [-0.1, -0.05) is 83.0 Å². The molecule has 2 amide bonds. The number of carboxylic acid groups (broad SMARTS) is 1. The van der Waals surface area contributed by atoms with Crippen molar-refractivity contribution in [1.82, 2.24) is 5.32 Å². The van der Waals surface area contributed by atoms with Gasteiger partial charge in [0.15, 0.2) is 0 Å². The number of amides is 2. The summed E-state index contributed by atoms with van der Waals surface area (Å²) in [6, 6.07) is 28.5. The van der Waals surface area contributed by atoms with Crippen molar-refractivity contribution in [3.63, 3.8) is 0 Å². The molecule has 0 aliphatic heterocycles. The van der Waals surface area contributed by atoms with E-state index >= 15 is 0 Å². The highest BCUT2D eigenvalue weighted by atomic mass is 79.9. The predicted octanol–water partition coefficient (Wildman–Crippen LogP) is 7.07. The summed E-state index contributed by atoms with van der Waals surface area (Å²) in [6.45, 7) is 0. The number of aliphatic carboxylic acids is 1. The highest BCUT2D eigenvalue weighted by Gasteiger charge is 2.27. The second-order valence-electron chi connectivity index (χ2n) is 9.98. The van der Waals surface area contributed by atoms with Crippen LogP contribution in [0.4, 0.5) is 5.69 Å². The molecular weight excluding hydrogens is 584 g/mol. The van der Waals surface area contributed by atoms with Gasteiger partial charge in [-0.25, -0.2) is 4.79 Å². The molecule has 8 heteroatoms. The molecule has 4 aromatic carbocycles. The minimum Gasteiger partial charge on any atom is -0.480 e. The Morgan fingerprint density at radius 2 is 1.61 bits per heavy atom. The first kappa shape index (κ1) is 28.1. The Morgan fingerprint density at radius 3 is 2.29 bits per heavy atom. The SMILES string of the molecule is O=C(N[C@@H](Cc1ccc(-c2ccccc2Oc2ccccc2)cc1)C(=O)O)c1cc(Br)ccc1NC(=O)C1CCC1. The van der Waals surface area contributed by atoms with E-state index in [1.54, 1.807) is 18.2 Å². The van der Waals surface area contributed by atoms with E-state index in [1.807, 2.05) is 78.9 Å². The predicted molar refractivity (Wildman–Crippen MR) is 161 cm³/mol. The van der Waals surface area contributed by atoms with E-state index in [-0.39, 0.29) is 23.8 Å². The average Bonchev–Trinajstić information content (AvgIpc) is 2.94. The van der Waals surface area contributed by atoms with Crippen molar-refractivity contribution in [3.8, 4) is 22.6 Å². The Labute approximate surface area is 246 Å².